The monoisotopic (exact) mass is 663 g/mol. The third kappa shape index (κ3) is 11.6. The molecule has 1 aromatic carbocycles. The fraction of sp³-hybridized carbons (Fsp3) is 0.333. The Morgan fingerprint density at radius 3 is 2.47 bits per heavy atom. The molecule has 0 aliphatic rings. The molecular formula is C30H31N7Na2O8. The van der Waals surface area contributed by atoms with E-state index in [0.29, 0.717) is 11.4 Å². The van der Waals surface area contributed by atoms with Gasteiger partial charge in [0.2, 0.25) is 12.7 Å². The van der Waals surface area contributed by atoms with Crippen molar-refractivity contribution in [2.75, 3.05) is 6.79 Å². The standard InChI is InChI=1S/C30H33N7O8.2Na/c1-30(2,3)26-20(31-16-32-26)13-22-28(34-21(27(41)33-22)12-18-8-5-4-6-9-18)45-17-44-25(40)11-7-10-19-15-37(36-35-19)23(29(42)43)14-24(38)39;;/h4-6,8-9,12-13,15-16,23H,7,10-11,14,17H2,1-3H3,(H,31,32)(H,33,41)(H,38,39)(H,42,43);;/q;2*+1/p-2/b21-12-,22-13-;;. The van der Waals surface area contributed by atoms with E-state index in [1.54, 1.807) is 18.5 Å². The van der Waals surface area contributed by atoms with Gasteiger partial charge in [-0.25, -0.2) is 14.6 Å². The summed E-state index contributed by atoms with van der Waals surface area (Å²) in [5.41, 5.74) is 1.77. The molecule has 0 fully saturated rings. The molecule has 0 saturated heterocycles. The first kappa shape index (κ1) is 39.6. The van der Waals surface area contributed by atoms with Gasteiger partial charge in [0.05, 0.1) is 29.7 Å². The van der Waals surface area contributed by atoms with Crippen LogP contribution < -0.4 is 90.3 Å². The molecule has 0 bridgehead atoms. The Morgan fingerprint density at radius 2 is 1.81 bits per heavy atom. The van der Waals surface area contributed by atoms with Crippen molar-refractivity contribution < 1.29 is 93.2 Å². The number of benzene rings is 1. The third-order valence-electron chi connectivity index (χ3n) is 6.47. The number of aromatic nitrogens is 7. The molecule has 0 aliphatic carbocycles. The molecule has 4 rings (SSSR count). The summed E-state index contributed by atoms with van der Waals surface area (Å²) in [6, 6.07) is 7.57. The summed E-state index contributed by atoms with van der Waals surface area (Å²) in [5, 5.41) is 29.8. The van der Waals surface area contributed by atoms with Crippen LogP contribution in [0.15, 0.2) is 47.7 Å². The number of rotatable bonds is 13. The molecule has 1 unspecified atom stereocenters. The summed E-state index contributed by atoms with van der Waals surface area (Å²) in [5.74, 6) is -3.79. The van der Waals surface area contributed by atoms with E-state index >= 15 is 0 Å². The summed E-state index contributed by atoms with van der Waals surface area (Å²) in [4.78, 5) is 62.0. The number of nitrogens with one attached hydrogen (secondary N) is 2. The summed E-state index contributed by atoms with van der Waals surface area (Å²) in [7, 11) is 0. The van der Waals surface area contributed by atoms with E-state index in [1.165, 1.54) is 6.20 Å². The van der Waals surface area contributed by atoms with E-state index in [-0.39, 0.29) is 100 Å². The number of H-pyrrole nitrogens is 2. The third-order valence-corrected chi connectivity index (χ3v) is 6.47. The summed E-state index contributed by atoms with van der Waals surface area (Å²) < 4.78 is 11.8. The van der Waals surface area contributed by atoms with E-state index in [2.05, 4.69) is 30.2 Å². The minimum atomic E-state index is -1.64. The minimum Gasteiger partial charge on any atom is -0.550 e. The van der Waals surface area contributed by atoms with E-state index in [4.69, 9.17) is 9.47 Å². The summed E-state index contributed by atoms with van der Waals surface area (Å²) >= 11 is 0. The Bertz CT molecular complexity index is 1850. The van der Waals surface area contributed by atoms with Crippen LogP contribution in [0, 0.1) is 0 Å². The maximum atomic E-state index is 12.9. The maximum absolute atomic E-state index is 12.9. The predicted molar refractivity (Wildman–Crippen MR) is 153 cm³/mol. The van der Waals surface area contributed by atoms with Crippen LogP contribution in [0.3, 0.4) is 0 Å². The fourth-order valence-electron chi connectivity index (χ4n) is 4.28. The van der Waals surface area contributed by atoms with Crippen LogP contribution in [0.25, 0.3) is 12.2 Å². The Hall–Kier alpha value is -3.60. The Kier molecular flexibility index (Phi) is 15.2. The zero-order chi connectivity index (χ0) is 32.6. The Labute approximate surface area is 313 Å². The van der Waals surface area contributed by atoms with Crippen LogP contribution in [-0.2, 0) is 31.0 Å². The number of aromatic amines is 2. The van der Waals surface area contributed by atoms with Crippen LogP contribution >= 0.6 is 0 Å². The topological polar surface area (TPSA) is 221 Å². The average molecular weight is 664 g/mol. The molecule has 3 aromatic heterocycles. The average Bonchev–Trinajstić information content (AvgIpc) is 3.64. The first-order valence-electron chi connectivity index (χ1n) is 13.9. The maximum Gasteiger partial charge on any atom is 1.00 e. The van der Waals surface area contributed by atoms with Crippen molar-refractivity contribution in [2.45, 2.75) is 57.9 Å². The first-order valence-corrected chi connectivity index (χ1v) is 13.9. The molecule has 1 atom stereocenters. The van der Waals surface area contributed by atoms with Gasteiger partial charge in [0.1, 0.15) is 10.7 Å². The van der Waals surface area contributed by atoms with Gasteiger partial charge in [-0.1, -0.05) is 56.3 Å². The van der Waals surface area contributed by atoms with Gasteiger partial charge in [-0.15, -0.1) is 5.10 Å². The van der Waals surface area contributed by atoms with Gasteiger partial charge >= 0.3 is 65.1 Å². The summed E-state index contributed by atoms with van der Waals surface area (Å²) in [6.45, 7) is 5.54. The fourth-order valence-corrected chi connectivity index (χ4v) is 4.28. The number of hydrogen-bond donors (Lipinski definition) is 2. The van der Waals surface area contributed by atoms with E-state index in [9.17, 15) is 29.4 Å². The molecule has 0 saturated carbocycles. The Morgan fingerprint density at radius 1 is 1.09 bits per heavy atom. The van der Waals surface area contributed by atoms with Crippen LogP contribution in [0.1, 0.15) is 68.7 Å². The van der Waals surface area contributed by atoms with Crippen molar-refractivity contribution in [3.63, 3.8) is 0 Å². The van der Waals surface area contributed by atoms with Gasteiger partial charge in [0.25, 0.3) is 5.56 Å². The minimum absolute atomic E-state index is 0. The molecule has 0 amide bonds. The number of carboxylic acids is 2. The Balaban J connectivity index is 0.00000384. The summed E-state index contributed by atoms with van der Waals surface area (Å²) in [6.07, 6.45) is 5.69. The molecule has 0 spiro atoms. The van der Waals surface area contributed by atoms with Gasteiger partial charge in [0, 0.05) is 36.1 Å². The predicted octanol–water partition coefficient (Wildman–Crippen LogP) is -7.62. The number of aliphatic carboxylic acids is 2. The first-order chi connectivity index (χ1) is 21.4. The molecule has 3 heterocycles. The van der Waals surface area contributed by atoms with Crippen LogP contribution in [-0.4, -0.2) is 59.6 Å². The van der Waals surface area contributed by atoms with Crippen molar-refractivity contribution in [3.8, 4) is 5.88 Å². The SMILES string of the molecule is CC(C)(C)c1[nH]cnc1/C=c1\[nH]c(=O)/c(=C/c2ccccc2)nc1OCOC(=O)CCCc1cn(C(CC(=O)[O-])C(=O)[O-])nn1.[Na+].[Na+]. The number of carbonyl (C=O) groups excluding carboxylic acids is 3. The molecule has 15 nitrogen and oxygen atoms in total. The van der Waals surface area contributed by atoms with Gasteiger partial charge in [-0.05, 0) is 30.6 Å². The van der Waals surface area contributed by atoms with E-state index in [1.807, 2.05) is 51.1 Å². The van der Waals surface area contributed by atoms with Crippen LogP contribution in [0.2, 0.25) is 0 Å². The molecule has 47 heavy (non-hydrogen) atoms. The number of aryl methyl sites for hydroxylation is 1. The van der Waals surface area contributed by atoms with E-state index < -0.39 is 42.7 Å². The molecule has 4 aromatic rings. The van der Waals surface area contributed by atoms with Crippen molar-refractivity contribution in [1.29, 1.82) is 0 Å². The van der Waals surface area contributed by atoms with Crippen molar-refractivity contribution in [1.82, 2.24) is 34.9 Å². The largest absolute Gasteiger partial charge is 1.00 e. The molecule has 2 N–H and O–H groups in total. The second-order valence-electron chi connectivity index (χ2n) is 11.0. The van der Waals surface area contributed by atoms with Gasteiger partial charge in [-0.2, -0.15) is 0 Å². The van der Waals surface area contributed by atoms with Crippen molar-refractivity contribution in [3.05, 3.63) is 86.6 Å². The molecule has 0 aliphatic heterocycles. The molecule has 236 valence electrons. The zero-order valence-electron chi connectivity index (χ0n) is 26.8. The van der Waals surface area contributed by atoms with Crippen LogP contribution in [0.5, 0.6) is 5.88 Å². The number of hydrogen-bond acceptors (Lipinski definition) is 12. The normalized spacial score (nSPS) is 12.5. The number of ether oxygens (including phenoxy) is 2. The van der Waals surface area contributed by atoms with E-state index in [0.717, 1.165) is 15.9 Å². The van der Waals surface area contributed by atoms with Crippen molar-refractivity contribution >= 4 is 30.1 Å². The zero-order valence-corrected chi connectivity index (χ0v) is 30.8. The molecule has 17 heteroatoms. The van der Waals surface area contributed by atoms with Crippen LogP contribution in [0.4, 0.5) is 0 Å². The van der Waals surface area contributed by atoms with Gasteiger partial charge in [0.15, 0.2) is 0 Å². The number of esters is 1. The number of carboxylic acid groups (broad SMARTS) is 2. The molecular weight excluding hydrogens is 632 g/mol. The second kappa shape index (κ2) is 18.1. The smallest absolute Gasteiger partial charge is 0.550 e. The number of carbonyl (C=O) groups is 3. The second-order valence-corrected chi connectivity index (χ2v) is 11.0. The molecule has 0 radical (unpaired) electrons. The van der Waals surface area contributed by atoms with Crippen molar-refractivity contribution in [2.24, 2.45) is 0 Å². The number of nitrogens with zero attached hydrogens (tertiary/aromatic N) is 5. The quantitative estimate of drug-likeness (QED) is 0.0774. The number of imidazole rings is 1. The van der Waals surface area contributed by atoms with Gasteiger partial charge < -0.3 is 39.2 Å². The van der Waals surface area contributed by atoms with Gasteiger partial charge in [-0.3, -0.25) is 9.59 Å².